The van der Waals surface area contributed by atoms with E-state index in [1.54, 1.807) is 6.33 Å². The first-order valence-corrected chi connectivity index (χ1v) is 7.99. The van der Waals surface area contributed by atoms with E-state index < -0.39 is 18.1 Å². The van der Waals surface area contributed by atoms with E-state index in [1.165, 1.54) is 12.3 Å². The van der Waals surface area contributed by atoms with Crippen LogP contribution in [0.15, 0.2) is 23.1 Å². The first-order chi connectivity index (χ1) is 12.4. The molecule has 0 saturated heterocycles. The number of rotatable bonds is 5. The minimum absolute atomic E-state index is 0.0809. The second kappa shape index (κ2) is 9.30. The van der Waals surface area contributed by atoms with E-state index in [0.717, 1.165) is 5.82 Å². The summed E-state index contributed by atoms with van der Waals surface area (Å²) in [4.78, 5) is 23.8. The lowest BCUT2D eigenvalue weighted by Crippen LogP contribution is -2.21. The van der Waals surface area contributed by atoms with Gasteiger partial charge in [-0.3, -0.25) is 0 Å². The van der Waals surface area contributed by atoms with Gasteiger partial charge in [0.25, 0.3) is 0 Å². The Morgan fingerprint density at radius 2 is 1.96 bits per heavy atom. The zero-order valence-electron chi connectivity index (χ0n) is 14.0. The molecule has 2 aromatic heterocycles. The number of anilines is 1. The molecule has 0 aliphatic carbocycles. The molecule has 0 fully saturated rings. The van der Waals surface area contributed by atoms with E-state index in [2.05, 4.69) is 36.4 Å². The number of pyridine rings is 1. The largest absolute Gasteiger partial charge is 0.490 e. The van der Waals surface area contributed by atoms with E-state index in [9.17, 15) is 18.0 Å². The van der Waals surface area contributed by atoms with E-state index in [-0.39, 0.29) is 11.6 Å². The van der Waals surface area contributed by atoms with Gasteiger partial charge >= 0.3 is 18.1 Å². The number of hydrogen-bond donors (Lipinski definition) is 3. The maximum Gasteiger partial charge on any atom is 0.490 e. The van der Waals surface area contributed by atoms with Crippen LogP contribution in [-0.4, -0.2) is 54.1 Å². The highest BCUT2D eigenvalue weighted by atomic mass is 79.9. The third kappa shape index (κ3) is 7.21. The van der Waals surface area contributed by atoms with Crippen LogP contribution < -0.4 is 5.32 Å². The molecule has 1 atom stereocenters. The van der Waals surface area contributed by atoms with Gasteiger partial charge < -0.3 is 20.1 Å². The van der Waals surface area contributed by atoms with Crippen LogP contribution in [0.2, 0.25) is 0 Å². The lowest BCUT2D eigenvalue weighted by molar-refractivity contribution is -0.192. The zero-order chi connectivity index (χ0) is 20.8. The van der Waals surface area contributed by atoms with Crippen LogP contribution in [0.5, 0.6) is 0 Å². The number of nitrogens with one attached hydrogen (secondary N) is 1. The standard InChI is InChI=1S/C12H14BrN5O2.C2HF3O2/c1-7(3-10-17-15-6-18(10)2)16-11-9(13)4-8(5-14-11)12(19)20;3-2(4,5)1(6)7/h4-7H,3H2,1-2H3,(H,14,16)(H,19,20);(H,6,7). The summed E-state index contributed by atoms with van der Waals surface area (Å²) in [5, 5.41) is 27.1. The van der Waals surface area contributed by atoms with Crippen molar-refractivity contribution in [3.05, 3.63) is 34.5 Å². The predicted octanol–water partition coefficient (Wildman–Crippen LogP) is 2.35. The quantitative estimate of drug-likeness (QED) is 0.628. The van der Waals surface area contributed by atoms with E-state index >= 15 is 0 Å². The zero-order valence-corrected chi connectivity index (χ0v) is 15.6. The number of alkyl halides is 3. The number of carboxylic acids is 2. The third-order valence-electron chi connectivity index (χ3n) is 3.01. The number of hydrogen-bond acceptors (Lipinski definition) is 6. The van der Waals surface area contributed by atoms with Gasteiger partial charge in [0.05, 0.1) is 10.0 Å². The number of aromatic carboxylic acids is 1. The van der Waals surface area contributed by atoms with Crippen LogP contribution in [0, 0.1) is 0 Å². The van der Waals surface area contributed by atoms with Crippen LogP contribution >= 0.6 is 15.9 Å². The Morgan fingerprint density at radius 3 is 2.37 bits per heavy atom. The minimum Gasteiger partial charge on any atom is -0.478 e. The first-order valence-electron chi connectivity index (χ1n) is 7.20. The SMILES string of the molecule is CC(Cc1nncn1C)Nc1ncc(C(=O)O)cc1Br.O=C(O)C(F)(F)F. The van der Waals surface area contributed by atoms with Crippen molar-refractivity contribution < 1.29 is 33.0 Å². The van der Waals surface area contributed by atoms with E-state index in [0.29, 0.717) is 16.7 Å². The molecule has 0 saturated carbocycles. The van der Waals surface area contributed by atoms with Crippen LogP contribution in [0.4, 0.5) is 19.0 Å². The fourth-order valence-electron chi connectivity index (χ4n) is 1.71. The fraction of sp³-hybridized carbons (Fsp3) is 0.357. The van der Waals surface area contributed by atoms with Gasteiger partial charge in [-0.25, -0.2) is 14.6 Å². The predicted molar refractivity (Wildman–Crippen MR) is 90.4 cm³/mol. The molecule has 148 valence electrons. The topological polar surface area (TPSA) is 130 Å². The molecule has 13 heteroatoms. The van der Waals surface area contributed by atoms with Gasteiger partial charge in [-0.05, 0) is 28.9 Å². The van der Waals surface area contributed by atoms with Crippen LogP contribution in [0.1, 0.15) is 23.1 Å². The average molecular weight is 454 g/mol. The number of aliphatic carboxylic acids is 1. The Balaban J connectivity index is 0.000000445. The lowest BCUT2D eigenvalue weighted by Gasteiger charge is -2.15. The van der Waals surface area contributed by atoms with Crippen molar-refractivity contribution in [3.63, 3.8) is 0 Å². The molecule has 0 radical (unpaired) electrons. The molecule has 0 aliphatic rings. The molecule has 2 rings (SSSR count). The molecule has 9 nitrogen and oxygen atoms in total. The van der Waals surface area contributed by atoms with Gasteiger partial charge in [0.15, 0.2) is 0 Å². The molecule has 3 N–H and O–H groups in total. The van der Waals surface area contributed by atoms with E-state index in [4.69, 9.17) is 15.0 Å². The maximum atomic E-state index is 10.8. The maximum absolute atomic E-state index is 10.8. The highest BCUT2D eigenvalue weighted by Gasteiger charge is 2.38. The van der Waals surface area contributed by atoms with Crippen molar-refractivity contribution in [3.8, 4) is 0 Å². The van der Waals surface area contributed by atoms with Gasteiger partial charge in [-0.2, -0.15) is 13.2 Å². The molecule has 2 heterocycles. The highest BCUT2D eigenvalue weighted by Crippen LogP contribution is 2.22. The minimum atomic E-state index is -5.08. The summed E-state index contributed by atoms with van der Waals surface area (Å²) in [5.41, 5.74) is 0.142. The molecule has 1 unspecified atom stereocenters. The molecule has 0 aromatic carbocycles. The summed E-state index contributed by atoms with van der Waals surface area (Å²) < 4.78 is 34.2. The normalized spacial score (nSPS) is 11.9. The van der Waals surface area contributed by atoms with Crippen molar-refractivity contribution in [2.45, 2.75) is 25.6 Å². The Kier molecular flexibility index (Phi) is 7.69. The second-order valence-electron chi connectivity index (χ2n) is 5.27. The molecule has 0 spiro atoms. The molecule has 0 bridgehead atoms. The van der Waals surface area contributed by atoms with Crippen molar-refractivity contribution in [1.82, 2.24) is 19.7 Å². The number of aryl methyl sites for hydroxylation is 1. The molecular formula is C14H15BrF3N5O4. The van der Waals surface area contributed by atoms with E-state index in [1.807, 2.05) is 18.5 Å². The Labute approximate surface area is 159 Å². The summed E-state index contributed by atoms with van der Waals surface area (Å²) in [7, 11) is 1.89. The van der Waals surface area contributed by atoms with Crippen LogP contribution in [-0.2, 0) is 18.3 Å². The summed E-state index contributed by atoms with van der Waals surface area (Å²) in [6, 6.07) is 1.60. The molecule has 0 amide bonds. The Bertz CT molecular complexity index is 812. The molecule has 27 heavy (non-hydrogen) atoms. The smallest absolute Gasteiger partial charge is 0.478 e. The van der Waals surface area contributed by atoms with Gasteiger partial charge in [0.2, 0.25) is 0 Å². The molecule has 2 aromatic rings. The molecular weight excluding hydrogens is 439 g/mol. The number of carboxylic acid groups (broad SMARTS) is 2. The second-order valence-corrected chi connectivity index (χ2v) is 6.12. The van der Waals surface area contributed by atoms with Crippen LogP contribution in [0.3, 0.4) is 0 Å². The number of carbonyl (C=O) groups is 2. The number of nitrogens with zero attached hydrogens (tertiary/aromatic N) is 4. The van der Waals surface area contributed by atoms with Crippen molar-refractivity contribution in [2.24, 2.45) is 7.05 Å². The Hall–Kier alpha value is -2.70. The Morgan fingerprint density at radius 1 is 1.37 bits per heavy atom. The lowest BCUT2D eigenvalue weighted by atomic mass is 10.2. The first kappa shape index (κ1) is 22.3. The highest BCUT2D eigenvalue weighted by molar-refractivity contribution is 9.10. The summed E-state index contributed by atoms with van der Waals surface area (Å²) in [5.74, 6) is -2.29. The third-order valence-corrected chi connectivity index (χ3v) is 3.61. The van der Waals surface area contributed by atoms with Gasteiger partial charge in [0.1, 0.15) is 18.0 Å². The van der Waals surface area contributed by atoms with Crippen molar-refractivity contribution >= 4 is 33.7 Å². The van der Waals surface area contributed by atoms with Gasteiger partial charge in [-0.1, -0.05) is 0 Å². The van der Waals surface area contributed by atoms with Gasteiger partial charge in [-0.15, -0.1) is 10.2 Å². The summed E-state index contributed by atoms with van der Waals surface area (Å²) >= 11 is 3.31. The average Bonchev–Trinajstić information content (AvgIpc) is 2.93. The number of aromatic nitrogens is 4. The van der Waals surface area contributed by atoms with Gasteiger partial charge in [0, 0.05) is 25.7 Å². The summed E-state index contributed by atoms with van der Waals surface area (Å²) in [6.07, 6.45) is -1.42. The van der Waals surface area contributed by atoms with Crippen molar-refractivity contribution in [2.75, 3.05) is 5.32 Å². The van der Waals surface area contributed by atoms with Crippen LogP contribution in [0.25, 0.3) is 0 Å². The summed E-state index contributed by atoms with van der Waals surface area (Å²) in [6.45, 7) is 1.99. The fourth-order valence-corrected chi connectivity index (χ4v) is 2.17. The number of halogens is 4. The van der Waals surface area contributed by atoms with Crippen molar-refractivity contribution in [1.29, 1.82) is 0 Å². The monoisotopic (exact) mass is 453 g/mol. The molecule has 0 aliphatic heterocycles.